The maximum atomic E-state index is 14.0. The molecule has 0 unspecified atom stereocenters. The minimum absolute atomic E-state index is 0.0138. The fraction of sp³-hybridized carbons (Fsp3) is 0.0882. The first kappa shape index (κ1) is 32.6. The molecule has 0 atom stereocenters. The molecular formula is C34H30ClN3O6S2. The summed E-state index contributed by atoms with van der Waals surface area (Å²) < 4.78 is 62.7. The predicted molar refractivity (Wildman–Crippen MR) is 181 cm³/mol. The first-order chi connectivity index (χ1) is 22.0. The highest BCUT2D eigenvalue weighted by Crippen LogP contribution is 2.31. The van der Waals surface area contributed by atoms with Crippen LogP contribution >= 0.6 is 11.6 Å². The molecule has 0 saturated carbocycles. The van der Waals surface area contributed by atoms with Gasteiger partial charge in [0.25, 0.3) is 26.0 Å². The number of methoxy groups -OCH3 is 1. The molecule has 0 aromatic heterocycles. The Hall–Kier alpha value is -4.84. The van der Waals surface area contributed by atoms with E-state index in [4.69, 9.17) is 16.3 Å². The van der Waals surface area contributed by atoms with Crippen molar-refractivity contribution in [3.8, 4) is 5.75 Å². The van der Waals surface area contributed by atoms with Crippen LogP contribution in [0.25, 0.3) is 0 Å². The normalized spacial score (nSPS) is 11.5. The van der Waals surface area contributed by atoms with Gasteiger partial charge in [-0.1, -0.05) is 53.6 Å². The number of sulfonamides is 2. The number of halogens is 1. The molecule has 5 rings (SSSR count). The summed E-state index contributed by atoms with van der Waals surface area (Å²) in [5, 5.41) is 3.26. The van der Waals surface area contributed by atoms with Crippen LogP contribution in [0.1, 0.15) is 21.5 Å². The minimum Gasteiger partial charge on any atom is -0.497 e. The number of anilines is 3. The van der Waals surface area contributed by atoms with E-state index in [0.29, 0.717) is 27.7 Å². The third-order valence-corrected chi connectivity index (χ3v) is 10.5. The lowest BCUT2D eigenvalue weighted by Gasteiger charge is -2.27. The Labute approximate surface area is 273 Å². The predicted octanol–water partition coefficient (Wildman–Crippen LogP) is 7.11. The van der Waals surface area contributed by atoms with Crippen molar-refractivity contribution in [2.45, 2.75) is 23.3 Å². The summed E-state index contributed by atoms with van der Waals surface area (Å²) in [5.41, 5.74) is 2.50. The van der Waals surface area contributed by atoms with E-state index in [1.54, 1.807) is 78.9 Å². The second-order valence-corrected chi connectivity index (χ2v) is 14.3. The molecule has 5 aromatic rings. The van der Waals surface area contributed by atoms with Crippen LogP contribution in [-0.2, 0) is 26.6 Å². The van der Waals surface area contributed by atoms with Gasteiger partial charge in [0.05, 0.1) is 34.7 Å². The Morgan fingerprint density at radius 2 is 1.33 bits per heavy atom. The molecule has 0 heterocycles. The quantitative estimate of drug-likeness (QED) is 0.154. The SMILES string of the molecule is COc1ccc(NS(=O)(=O)c2ccc(NC(=O)c3ccccc3N(Cc3ccc(Cl)cc3)S(=O)(=O)c3ccc(C)cc3)cc2)cc1. The number of carbonyl (C=O) groups is 1. The van der Waals surface area contributed by atoms with Crippen molar-refractivity contribution >= 4 is 54.6 Å². The zero-order valence-electron chi connectivity index (χ0n) is 24.8. The maximum Gasteiger partial charge on any atom is 0.264 e. The average Bonchev–Trinajstić information content (AvgIpc) is 3.05. The lowest BCUT2D eigenvalue weighted by molar-refractivity contribution is 0.102. The van der Waals surface area contributed by atoms with Gasteiger partial charge in [0, 0.05) is 16.4 Å². The standard InChI is InChI=1S/C34H30ClN3O6S2/c1-24-7-19-31(20-8-24)46(42,43)38(23-25-9-11-26(35)12-10-25)33-6-4-3-5-32(33)34(39)36-27-15-21-30(22-16-27)45(40,41)37-28-13-17-29(44-2)18-14-28/h3-22,37H,23H2,1-2H3,(H,36,39). The number of hydrogen-bond acceptors (Lipinski definition) is 6. The number of hydrogen-bond donors (Lipinski definition) is 2. The van der Waals surface area contributed by atoms with E-state index in [0.717, 1.165) is 5.56 Å². The molecule has 2 N–H and O–H groups in total. The van der Waals surface area contributed by atoms with E-state index in [9.17, 15) is 21.6 Å². The van der Waals surface area contributed by atoms with Gasteiger partial charge in [0.1, 0.15) is 5.75 Å². The molecule has 12 heteroatoms. The van der Waals surface area contributed by atoms with Crippen LogP contribution in [0, 0.1) is 6.92 Å². The van der Waals surface area contributed by atoms with Crippen LogP contribution < -0.4 is 19.1 Å². The summed E-state index contributed by atoms with van der Waals surface area (Å²) in [7, 11) is -6.51. The third-order valence-electron chi connectivity index (χ3n) is 7.03. The summed E-state index contributed by atoms with van der Waals surface area (Å²) in [5.74, 6) is 0.00763. The van der Waals surface area contributed by atoms with E-state index in [1.165, 1.54) is 53.9 Å². The van der Waals surface area contributed by atoms with Gasteiger partial charge in [-0.3, -0.25) is 13.8 Å². The number of ether oxygens (including phenoxy) is 1. The maximum absolute atomic E-state index is 14.0. The van der Waals surface area contributed by atoms with Gasteiger partial charge >= 0.3 is 0 Å². The first-order valence-electron chi connectivity index (χ1n) is 14.0. The number of rotatable bonds is 11. The van der Waals surface area contributed by atoms with Gasteiger partial charge in [0.2, 0.25) is 0 Å². The Morgan fingerprint density at radius 3 is 1.96 bits per heavy atom. The molecular weight excluding hydrogens is 646 g/mol. The zero-order valence-corrected chi connectivity index (χ0v) is 27.2. The highest BCUT2D eigenvalue weighted by molar-refractivity contribution is 7.93. The molecule has 236 valence electrons. The van der Waals surface area contributed by atoms with Crippen molar-refractivity contribution < 1.29 is 26.4 Å². The van der Waals surface area contributed by atoms with Crippen LogP contribution in [0.15, 0.2) is 131 Å². The van der Waals surface area contributed by atoms with Gasteiger partial charge in [-0.15, -0.1) is 0 Å². The van der Waals surface area contributed by atoms with Crippen LogP contribution in [0.3, 0.4) is 0 Å². The molecule has 0 fully saturated rings. The molecule has 0 saturated heterocycles. The Kier molecular flexibility index (Phi) is 9.66. The smallest absolute Gasteiger partial charge is 0.264 e. The zero-order chi connectivity index (χ0) is 32.9. The average molecular weight is 676 g/mol. The number of nitrogens with one attached hydrogen (secondary N) is 2. The summed E-state index contributed by atoms with van der Waals surface area (Å²) in [6, 6.07) is 31.7. The van der Waals surface area contributed by atoms with Gasteiger partial charge in [-0.2, -0.15) is 0 Å². The molecule has 46 heavy (non-hydrogen) atoms. The van der Waals surface area contributed by atoms with Crippen LogP contribution in [0.5, 0.6) is 5.75 Å². The van der Waals surface area contributed by atoms with E-state index < -0.39 is 26.0 Å². The molecule has 9 nitrogen and oxygen atoms in total. The van der Waals surface area contributed by atoms with Crippen molar-refractivity contribution in [1.29, 1.82) is 0 Å². The Balaban J connectivity index is 1.42. The van der Waals surface area contributed by atoms with Crippen LogP contribution in [-0.4, -0.2) is 29.9 Å². The monoisotopic (exact) mass is 675 g/mol. The first-order valence-corrected chi connectivity index (χ1v) is 17.3. The van der Waals surface area contributed by atoms with Gasteiger partial charge < -0.3 is 10.1 Å². The molecule has 0 aliphatic rings. The Bertz CT molecular complexity index is 2050. The van der Waals surface area contributed by atoms with Gasteiger partial charge in [-0.25, -0.2) is 16.8 Å². The topological polar surface area (TPSA) is 122 Å². The fourth-order valence-corrected chi connectivity index (χ4v) is 7.22. The molecule has 0 spiro atoms. The van der Waals surface area contributed by atoms with Crippen molar-refractivity contribution in [3.05, 3.63) is 143 Å². The number of aryl methyl sites for hydroxylation is 1. The highest BCUT2D eigenvalue weighted by atomic mass is 35.5. The largest absolute Gasteiger partial charge is 0.497 e. The highest BCUT2D eigenvalue weighted by Gasteiger charge is 2.29. The number of nitrogens with zero attached hydrogens (tertiary/aromatic N) is 1. The van der Waals surface area contributed by atoms with Crippen molar-refractivity contribution in [2.24, 2.45) is 0 Å². The summed E-state index contributed by atoms with van der Waals surface area (Å²) >= 11 is 6.06. The number of para-hydroxylation sites is 1. The summed E-state index contributed by atoms with van der Waals surface area (Å²) in [6.07, 6.45) is 0. The number of carbonyl (C=O) groups excluding carboxylic acids is 1. The third kappa shape index (κ3) is 7.51. The van der Waals surface area contributed by atoms with Crippen LogP contribution in [0.4, 0.5) is 17.1 Å². The minimum atomic E-state index is -4.12. The van der Waals surface area contributed by atoms with Crippen molar-refractivity contribution in [2.75, 3.05) is 21.5 Å². The van der Waals surface area contributed by atoms with Gasteiger partial charge in [-0.05, 0) is 97.4 Å². The van der Waals surface area contributed by atoms with E-state index in [-0.39, 0.29) is 27.6 Å². The molecule has 1 amide bonds. The molecule has 0 aliphatic heterocycles. The summed E-state index contributed by atoms with van der Waals surface area (Å²) in [6.45, 7) is 1.80. The number of benzene rings is 5. The molecule has 0 bridgehead atoms. The van der Waals surface area contributed by atoms with E-state index in [2.05, 4.69) is 10.0 Å². The number of amides is 1. The lowest BCUT2D eigenvalue weighted by Crippen LogP contribution is -2.32. The van der Waals surface area contributed by atoms with E-state index in [1.807, 2.05) is 6.92 Å². The molecule has 0 radical (unpaired) electrons. The lowest BCUT2D eigenvalue weighted by atomic mass is 10.1. The second kappa shape index (κ2) is 13.7. The van der Waals surface area contributed by atoms with Gasteiger partial charge in [0.15, 0.2) is 0 Å². The van der Waals surface area contributed by atoms with E-state index >= 15 is 0 Å². The molecule has 5 aromatic carbocycles. The molecule has 0 aliphatic carbocycles. The Morgan fingerprint density at radius 1 is 0.739 bits per heavy atom. The van der Waals surface area contributed by atoms with Crippen molar-refractivity contribution in [3.63, 3.8) is 0 Å². The van der Waals surface area contributed by atoms with Crippen molar-refractivity contribution in [1.82, 2.24) is 0 Å². The fourth-order valence-electron chi connectivity index (χ4n) is 4.56. The van der Waals surface area contributed by atoms with Crippen LogP contribution in [0.2, 0.25) is 5.02 Å². The summed E-state index contributed by atoms with van der Waals surface area (Å²) in [4.78, 5) is 13.7. The second-order valence-electron chi connectivity index (χ2n) is 10.3.